The number of hydrogen-bond acceptors (Lipinski definition) is 6. The highest BCUT2D eigenvalue weighted by Gasteiger charge is 2.14. The quantitative estimate of drug-likeness (QED) is 0.161. The molecule has 0 unspecified atom stereocenters. The number of carbonyl (C=O) groups is 2. The van der Waals surface area contributed by atoms with E-state index in [-0.39, 0.29) is 11.5 Å². The Kier molecular flexibility index (Phi) is 7.35. The summed E-state index contributed by atoms with van der Waals surface area (Å²) in [7, 11) is 3.21. The van der Waals surface area contributed by atoms with Crippen LogP contribution in [0.5, 0.6) is 11.5 Å². The van der Waals surface area contributed by atoms with Crippen molar-refractivity contribution in [2.75, 3.05) is 20.0 Å². The summed E-state index contributed by atoms with van der Waals surface area (Å²) in [5, 5.41) is 9.96. The lowest BCUT2D eigenvalue weighted by atomic mass is 10.0. The monoisotopic (exact) mass is 490 g/mol. The molecular weight excluding hydrogens is 468 g/mol. The zero-order valence-corrected chi connectivity index (χ0v) is 20.2. The smallest absolute Gasteiger partial charge is 0.313 e. The molecule has 4 rings (SSSR count). The van der Waals surface area contributed by atoms with Gasteiger partial charge in [0.25, 0.3) is 0 Å². The molecule has 34 heavy (non-hydrogen) atoms. The Hall–Kier alpha value is -3.55. The van der Waals surface area contributed by atoms with Crippen LogP contribution in [-0.4, -0.2) is 36.8 Å². The van der Waals surface area contributed by atoms with E-state index in [4.69, 9.17) is 14.6 Å². The molecule has 172 valence electrons. The van der Waals surface area contributed by atoms with E-state index in [1.807, 2.05) is 24.3 Å². The summed E-state index contributed by atoms with van der Waals surface area (Å²) in [5.74, 6) is 0.243. The molecule has 0 saturated carbocycles. The highest BCUT2D eigenvalue weighted by atomic mass is 32.2. The van der Waals surface area contributed by atoms with E-state index in [2.05, 4.69) is 18.2 Å². The summed E-state index contributed by atoms with van der Waals surface area (Å²) >= 11 is 2.89. The summed E-state index contributed by atoms with van der Waals surface area (Å²) in [4.78, 5) is 25.3. The maximum Gasteiger partial charge on any atom is 0.313 e. The van der Waals surface area contributed by atoms with Crippen molar-refractivity contribution >= 4 is 51.0 Å². The third kappa shape index (κ3) is 5.32. The first-order valence-corrected chi connectivity index (χ1v) is 12.2. The molecule has 0 amide bonds. The largest absolute Gasteiger partial charge is 0.496 e. The lowest BCUT2D eigenvalue weighted by molar-refractivity contribution is -0.133. The summed E-state index contributed by atoms with van der Waals surface area (Å²) in [6.45, 7) is 0. The SMILES string of the molecule is COc1cc(OC)c(-c2cc3ccccc3s2)cc1C=CC(=O)c1ccc(SCC(=O)O)cc1. The first kappa shape index (κ1) is 23.6. The summed E-state index contributed by atoms with van der Waals surface area (Å²) in [6, 6.07) is 21.0. The minimum atomic E-state index is -0.878. The van der Waals surface area contributed by atoms with Gasteiger partial charge in [-0.25, -0.2) is 0 Å². The molecule has 0 fully saturated rings. The molecular formula is C27H22O5S2. The standard InChI is InChI=1S/C27H22O5S2/c1-31-23-15-24(32-2)21(26-14-19-5-3-4-6-25(19)34-26)13-18(23)9-12-22(28)17-7-10-20(11-8-17)33-16-27(29)30/h3-15H,16H2,1-2H3,(H,29,30). The molecule has 0 saturated heterocycles. The first-order chi connectivity index (χ1) is 16.5. The molecule has 7 heteroatoms. The number of allylic oxidation sites excluding steroid dienone is 1. The highest BCUT2D eigenvalue weighted by Crippen LogP contribution is 2.41. The zero-order valence-electron chi connectivity index (χ0n) is 18.6. The number of rotatable bonds is 9. The van der Waals surface area contributed by atoms with Gasteiger partial charge in [-0.05, 0) is 60.0 Å². The van der Waals surface area contributed by atoms with Gasteiger partial charge in [0.05, 0.1) is 20.0 Å². The molecule has 0 aliphatic heterocycles. The van der Waals surface area contributed by atoms with Crippen LogP contribution in [0.4, 0.5) is 0 Å². The van der Waals surface area contributed by atoms with E-state index in [9.17, 15) is 9.59 Å². The Balaban J connectivity index is 1.62. The van der Waals surface area contributed by atoms with Gasteiger partial charge >= 0.3 is 5.97 Å². The van der Waals surface area contributed by atoms with E-state index in [0.717, 1.165) is 26.3 Å². The molecule has 0 aliphatic carbocycles. The van der Waals surface area contributed by atoms with Crippen LogP contribution in [0.3, 0.4) is 0 Å². The van der Waals surface area contributed by atoms with E-state index in [1.165, 1.54) is 22.5 Å². The van der Waals surface area contributed by atoms with Gasteiger partial charge in [-0.2, -0.15) is 0 Å². The molecule has 0 spiro atoms. The number of benzene rings is 3. The fourth-order valence-corrected chi connectivity index (χ4v) is 5.19. The predicted molar refractivity (Wildman–Crippen MR) is 139 cm³/mol. The van der Waals surface area contributed by atoms with Crippen molar-refractivity contribution in [1.29, 1.82) is 0 Å². The van der Waals surface area contributed by atoms with Crippen molar-refractivity contribution in [3.05, 3.63) is 83.9 Å². The Labute approximate surface area is 205 Å². The van der Waals surface area contributed by atoms with Gasteiger partial charge in [0, 0.05) is 37.2 Å². The van der Waals surface area contributed by atoms with Crippen LogP contribution in [-0.2, 0) is 4.79 Å². The molecule has 4 aromatic rings. The summed E-state index contributed by atoms with van der Waals surface area (Å²) in [6.07, 6.45) is 3.25. The Morgan fingerprint density at radius 2 is 1.71 bits per heavy atom. The van der Waals surface area contributed by atoms with E-state index >= 15 is 0 Å². The van der Waals surface area contributed by atoms with Gasteiger partial charge in [0.1, 0.15) is 11.5 Å². The fourth-order valence-electron chi connectivity index (χ4n) is 3.48. The third-order valence-electron chi connectivity index (χ3n) is 5.16. The lowest BCUT2D eigenvalue weighted by Gasteiger charge is -2.12. The molecule has 1 N–H and O–H groups in total. The number of fused-ring (bicyclic) bond motifs is 1. The van der Waals surface area contributed by atoms with Crippen LogP contribution >= 0.6 is 23.1 Å². The van der Waals surface area contributed by atoms with E-state index < -0.39 is 5.97 Å². The van der Waals surface area contributed by atoms with Gasteiger partial charge in [-0.15, -0.1) is 23.1 Å². The maximum absolute atomic E-state index is 12.7. The average molecular weight is 491 g/mol. The van der Waals surface area contributed by atoms with Crippen molar-refractivity contribution < 1.29 is 24.2 Å². The summed E-state index contributed by atoms with van der Waals surface area (Å²) < 4.78 is 12.4. The minimum absolute atomic E-state index is 0.0212. The van der Waals surface area contributed by atoms with Crippen molar-refractivity contribution in [2.45, 2.75) is 4.90 Å². The molecule has 0 radical (unpaired) electrons. The summed E-state index contributed by atoms with van der Waals surface area (Å²) in [5.41, 5.74) is 2.21. The highest BCUT2D eigenvalue weighted by molar-refractivity contribution is 8.00. The number of carboxylic acid groups (broad SMARTS) is 1. The van der Waals surface area contributed by atoms with Crippen molar-refractivity contribution in [3.8, 4) is 21.9 Å². The zero-order chi connectivity index (χ0) is 24.1. The number of thiophene rings is 1. The van der Waals surface area contributed by atoms with Crippen LogP contribution in [0.2, 0.25) is 0 Å². The number of ketones is 1. The van der Waals surface area contributed by atoms with Gasteiger partial charge in [-0.3, -0.25) is 9.59 Å². The second kappa shape index (κ2) is 10.6. The predicted octanol–water partition coefficient (Wildman–Crippen LogP) is 6.66. The average Bonchev–Trinajstić information content (AvgIpc) is 3.30. The molecule has 3 aromatic carbocycles. The molecule has 0 aliphatic rings. The fraction of sp³-hybridized carbons (Fsp3) is 0.111. The molecule has 0 atom stereocenters. The van der Waals surface area contributed by atoms with Gasteiger partial charge in [-0.1, -0.05) is 18.2 Å². The van der Waals surface area contributed by atoms with Gasteiger partial charge in [0.2, 0.25) is 0 Å². The van der Waals surface area contributed by atoms with Crippen LogP contribution < -0.4 is 9.47 Å². The first-order valence-electron chi connectivity index (χ1n) is 10.4. The van der Waals surface area contributed by atoms with Crippen molar-refractivity contribution in [3.63, 3.8) is 0 Å². The van der Waals surface area contributed by atoms with Crippen molar-refractivity contribution in [1.82, 2.24) is 0 Å². The Morgan fingerprint density at radius 3 is 2.38 bits per heavy atom. The van der Waals surface area contributed by atoms with E-state index in [1.54, 1.807) is 55.9 Å². The topological polar surface area (TPSA) is 72.8 Å². The van der Waals surface area contributed by atoms with Gasteiger partial charge < -0.3 is 14.6 Å². The van der Waals surface area contributed by atoms with Gasteiger partial charge in [0.15, 0.2) is 5.78 Å². The van der Waals surface area contributed by atoms with Crippen LogP contribution in [0.1, 0.15) is 15.9 Å². The second-order valence-corrected chi connectivity index (χ2v) is 9.48. The lowest BCUT2D eigenvalue weighted by Crippen LogP contribution is -1.98. The molecule has 1 aromatic heterocycles. The number of methoxy groups -OCH3 is 2. The normalized spacial score (nSPS) is 11.1. The number of carboxylic acids is 1. The second-order valence-electron chi connectivity index (χ2n) is 7.35. The van der Waals surface area contributed by atoms with E-state index in [0.29, 0.717) is 17.1 Å². The number of aliphatic carboxylic acids is 1. The maximum atomic E-state index is 12.7. The third-order valence-corrected chi connectivity index (χ3v) is 7.30. The van der Waals surface area contributed by atoms with Crippen LogP contribution in [0.15, 0.2) is 77.7 Å². The number of thioether (sulfide) groups is 1. The minimum Gasteiger partial charge on any atom is -0.496 e. The molecule has 5 nitrogen and oxygen atoms in total. The number of carbonyl (C=O) groups excluding carboxylic acids is 1. The number of ether oxygens (including phenoxy) is 2. The Bertz CT molecular complexity index is 1340. The van der Waals surface area contributed by atoms with Crippen LogP contribution in [0.25, 0.3) is 26.6 Å². The Morgan fingerprint density at radius 1 is 0.971 bits per heavy atom. The molecule has 1 heterocycles. The van der Waals surface area contributed by atoms with Crippen LogP contribution in [0, 0.1) is 0 Å². The van der Waals surface area contributed by atoms with Crippen molar-refractivity contribution in [2.24, 2.45) is 0 Å². The number of hydrogen-bond donors (Lipinski definition) is 1. The molecule has 0 bridgehead atoms.